The van der Waals surface area contributed by atoms with Crippen molar-refractivity contribution in [1.29, 1.82) is 0 Å². The molecule has 2 aromatic rings. The molecule has 0 spiro atoms. The van der Waals surface area contributed by atoms with Crippen molar-refractivity contribution in [3.63, 3.8) is 0 Å². The van der Waals surface area contributed by atoms with Crippen LogP contribution in [0.25, 0.3) is 0 Å². The van der Waals surface area contributed by atoms with Gasteiger partial charge in [-0.15, -0.1) is 0 Å². The lowest BCUT2D eigenvalue weighted by Gasteiger charge is -2.45. The van der Waals surface area contributed by atoms with Gasteiger partial charge in [-0.25, -0.2) is 4.79 Å². The largest absolute Gasteiger partial charge is 0.462 e. The maximum absolute atomic E-state index is 13.7. The number of benzene rings is 1. The fourth-order valence-electron chi connectivity index (χ4n) is 6.37. The van der Waals surface area contributed by atoms with Crippen LogP contribution in [0.5, 0.6) is 6.01 Å². The van der Waals surface area contributed by atoms with Crippen molar-refractivity contribution in [1.82, 2.24) is 19.8 Å². The Hall–Kier alpha value is -3.60. The smallest absolute Gasteiger partial charge is 0.410 e. The standard InChI is InChI=1S/C31H45N7O4/c1-19-16-37(30(40)42-31(3,4)5)17-20(2)38(19)27-25(32)26(34-29(35-27)41-18-22-12-9-15-36(22)6)28(39)33-24-14-8-11-21-10-7-13-23(21)24/h8,11,14,19-20,22H,7,9-10,12-13,15-18,32H2,1-6H3,(H,33,39)/t19-,20-,22-/m0/s1. The quantitative estimate of drug-likeness (QED) is 0.520. The predicted molar refractivity (Wildman–Crippen MR) is 163 cm³/mol. The van der Waals surface area contributed by atoms with Crippen molar-refractivity contribution in [3.8, 4) is 6.01 Å². The van der Waals surface area contributed by atoms with Gasteiger partial charge in [-0.3, -0.25) is 4.79 Å². The molecule has 3 N–H and O–H groups in total. The molecule has 11 nitrogen and oxygen atoms in total. The summed E-state index contributed by atoms with van der Waals surface area (Å²) >= 11 is 0. The molecule has 2 amide bonds. The Balaban J connectivity index is 1.44. The van der Waals surface area contributed by atoms with Crippen LogP contribution in [0.3, 0.4) is 0 Å². The number of piperazine rings is 1. The van der Waals surface area contributed by atoms with Gasteiger partial charge < -0.3 is 35.2 Å². The maximum Gasteiger partial charge on any atom is 0.410 e. The molecule has 2 aliphatic heterocycles. The summed E-state index contributed by atoms with van der Waals surface area (Å²) in [5, 5.41) is 3.07. The van der Waals surface area contributed by atoms with Crippen LogP contribution in [0, 0.1) is 0 Å². The minimum atomic E-state index is -0.585. The van der Waals surface area contributed by atoms with E-state index in [4.69, 9.17) is 20.2 Å². The van der Waals surface area contributed by atoms with Crippen molar-refractivity contribution in [2.24, 2.45) is 0 Å². The normalized spacial score (nSPS) is 22.7. The highest BCUT2D eigenvalue weighted by atomic mass is 16.6. The van der Waals surface area contributed by atoms with Crippen molar-refractivity contribution in [3.05, 3.63) is 35.0 Å². The number of carbonyl (C=O) groups excluding carboxylic acids is 2. The van der Waals surface area contributed by atoms with Gasteiger partial charge in [0, 0.05) is 36.9 Å². The Kier molecular flexibility index (Phi) is 8.50. The minimum absolute atomic E-state index is 0.0827. The third kappa shape index (κ3) is 6.40. The van der Waals surface area contributed by atoms with E-state index in [-0.39, 0.29) is 41.6 Å². The lowest BCUT2D eigenvalue weighted by Crippen LogP contribution is -2.59. The summed E-state index contributed by atoms with van der Waals surface area (Å²) < 4.78 is 11.8. The van der Waals surface area contributed by atoms with Crippen LogP contribution < -0.4 is 20.7 Å². The van der Waals surface area contributed by atoms with Gasteiger partial charge in [-0.05, 0) is 97.5 Å². The SMILES string of the molecule is C[C@H]1CN(C(=O)OC(C)(C)C)C[C@H](C)N1c1nc(OC[C@@H]2CCCN2C)nc(C(=O)Nc2cccc3c2CCC3)c1N. The number of nitrogens with zero attached hydrogens (tertiary/aromatic N) is 5. The molecule has 0 unspecified atom stereocenters. The highest BCUT2D eigenvalue weighted by Gasteiger charge is 2.37. The first-order valence-corrected chi connectivity index (χ1v) is 15.1. The second-order valence-corrected chi connectivity index (χ2v) is 12.9. The van der Waals surface area contributed by atoms with E-state index in [1.807, 2.05) is 46.8 Å². The number of anilines is 3. The third-order valence-corrected chi connectivity index (χ3v) is 8.41. The Bertz CT molecular complexity index is 1320. The molecule has 1 aromatic carbocycles. The molecular weight excluding hydrogens is 534 g/mol. The van der Waals surface area contributed by atoms with E-state index in [2.05, 4.69) is 33.2 Å². The molecule has 0 bridgehead atoms. The van der Waals surface area contributed by atoms with E-state index in [1.165, 1.54) is 11.1 Å². The zero-order valence-electron chi connectivity index (χ0n) is 25.8. The van der Waals surface area contributed by atoms with Crippen LogP contribution in [-0.2, 0) is 17.6 Å². The number of hydrogen-bond donors (Lipinski definition) is 2. The van der Waals surface area contributed by atoms with Gasteiger partial charge in [0.05, 0.1) is 0 Å². The number of ether oxygens (including phenoxy) is 2. The molecule has 3 atom stereocenters. The summed E-state index contributed by atoms with van der Waals surface area (Å²) in [5.74, 6) is 0.0408. The van der Waals surface area contributed by atoms with Crippen LogP contribution in [0.15, 0.2) is 18.2 Å². The van der Waals surface area contributed by atoms with E-state index in [0.29, 0.717) is 25.5 Å². The Morgan fingerprint density at radius 1 is 1.10 bits per heavy atom. The number of carbonyl (C=O) groups is 2. The van der Waals surface area contributed by atoms with Crippen LogP contribution >= 0.6 is 0 Å². The van der Waals surface area contributed by atoms with Gasteiger partial charge in [-0.1, -0.05) is 12.1 Å². The van der Waals surface area contributed by atoms with E-state index in [9.17, 15) is 9.59 Å². The molecule has 1 aliphatic carbocycles. The van der Waals surface area contributed by atoms with Gasteiger partial charge in [0.2, 0.25) is 0 Å². The number of amides is 2. The molecule has 228 valence electrons. The van der Waals surface area contributed by atoms with Gasteiger partial charge in [0.15, 0.2) is 11.5 Å². The number of aromatic nitrogens is 2. The first-order valence-electron chi connectivity index (χ1n) is 15.1. The molecule has 5 rings (SSSR count). The molecule has 2 saturated heterocycles. The zero-order valence-corrected chi connectivity index (χ0v) is 25.8. The molecule has 42 heavy (non-hydrogen) atoms. The molecule has 0 radical (unpaired) electrons. The number of likely N-dealkylation sites (tertiary alicyclic amines) is 1. The highest BCUT2D eigenvalue weighted by Crippen LogP contribution is 2.34. The monoisotopic (exact) mass is 579 g/mol. The fraction of sp³-hybridized carbons (Fsp3) is 0.613. The summed E-state index contributed by atoms with van der Waals surface area (Å²) in [6, 6.07) is 6.08. The Morgan fingerprint density at radius 2 is 1.83 bits per heavy atom. The predicted octanol–water partition coefficient (Wildman–Crippen LogP) is 4.11. The van der Waals surface area contributed by atoms with E-state index in [0.717, 1.165) is 44.3 Å². The lowest BCUT2D eigenvalue weighted by molar-refractivity contribution is 0.0192. The van der Waals surface area contributed by atoms with Gasteiger partial charge in [0.25, 0.3) is 5.91 Å². The van der Waals surface area contributed by atoms with Crippen LogP contribution in [0.1, 0.15) is 75.5 Å². The molecule has 3 heterocycles. The third-order valence-electron chi connectivity index (χ3n) is 8.41. The number of fused-ring (bicyclic) bond motifs is 1. The molecular formula is C31H45N7O4. The number of hydrogen-bond acceptors (Lipinski definition) is 9. The Morgan fingerprint density at radius 3 is 2.50 bits per heavy atom. The van der Waals surface area contributed by atoms with Gasteiger partial charge in [0.1, 0.15) is 17.9 Å². The maximum atomic E-state index is 13.7. The van der Waals surface area contributed by atoms with E-state index >= 15 is 0 Å². The number of nitrogens with two attached hydrogens (primary N) is 1. The topological polar surface area (TPSA) is 126 Å². The van der Waals surface area contributed by atoms with Crippen LogP contribution in [-0.4, -0.2) is 88.8 Å². The Labute approximate surface area is 248 Å². The van der Waals surface area contributed by atoms with Gasteiger partial charge >= 0.3 is 12.1 Å². The fourth-order valence-corrected chi connectivity index (χ4v) is 6.37. The van der Waals surface area contributed by atoms with Crippen LogP contribution in [0.2, 0.25) is 0 Å². The zero-order chi connectivity index (χ0) is 30.2. The molecule has 11 heteroatoms. The number of nitrogen functional groups attached to an aromatic ring is 1. The number of likely N-dealkylation sites (N-methyl/N-ethyl adjacent to an activating group) is 1. The minimum Gasteiger partial charge on any atom is -0.462 e. The average molecular weight is 580 g/mol. The summed E-state index contributed by atoms with van der Waals surface area (Å²) in [7, 11) is 2.08. The van der Waals surface area contributed by atoms with Crippen molar-refractivity contribution < 1.29 is 19.1 Å². The molecule has 2 fully saturated rings. The van der Waals surface area contributed by atoms with Crippen molar-refractivity contribution in [2.45, 2.75) is 90.4 Å². The molecule has 0 saturated carbocycles. The molecule has 1 aromatic heterocycles. The second kappa shape index (κ2) is 11.9. The van der Waals surface area contributed by atoms with Crippen molar-refractivity contribution in [2.75, 3.05) is 49.2 Å². The van der Waals surface area contributed by atoms with E-state index in [1.54, 1.807) is 4.90 Å². The summed E-state index contributed by atoms with van der Waals surface area (Å²) in [4.78, 5) is 41.9. The highest BCUT2D eigenvalue weighted by molar-refractivity contribution is 6.08. The summed E-state index contributed by atoms with van der Waals surface area (Å²) in [6.45, 7) is 11.9. The van der Waals surface area contributed by atoms with Gasteiger partial charge in [-0.2, -0.15) is 9.97 Å². The molecule has 3 aliphatic rings. The number of nitrogens with one attached hydrogen (secondary N) is 1. The van der Waals surface area contributed by atoms with E-state index < -0.39 is 11.5 Å². The van der Waals surface area contributed by atoms with Crippen LogP contribution in [0.4, 0.5) is 22.0 Å². The first-order chi connectivity index (χ1) is 19.9. The average Bonchev–Trinajstić information content (AvgIpc) is 3.56. The number of rotatable bonds is 6. The summed E-state index contributed by atoms with van der Waals surface area (Å²) in [6.07, 6.45) is 4.81. The number of aryl methyl sites for hydroxylation is 1. The first kappa shape index (κ1) is 29.9. The lowest BCUT2D eigenvalue weighted by atomic mass is 10.1. The second-order valence-electron chi connectivity index (χ2n) is 12.9. The van der Waals surface area contributed by atoms with Crippen molar-refractivity contribution >= 4 is 29.2 Å². The summed E-state index contributed by atoms with van der Waals surface area (Å²) in [5.41, 5.74) is 9.60.